The van der Waals surface area contributed by atoms with E-state index in [1.165, 1.54) is 10.5 Å². The van der Waals surface area contributed by atoms with Crippen LogP contribution in [0.25, 0.3) is 0 Å². The SMILES string of the molecule is CN1C(=O)c2ccccc2C1(O)c1ccc(C(C)(C)C)cc1. The van der Waals surface area contributed by atoms with Crippen LogP contribution in [0.1, 0.15) is 47.8 Å². The molecule has 0 bridgehead atoms. The Labute approximate surface area is 131 Å². The minimum atomic E-state index is -1.40. The van der Waals surface area contributed by atoms with E-state index >= 15 is 0 Å². The molecule has 3 heteroatoms. The Morgan fingerprint density at radius 2 is 1.59 bits per heavy atom. The molecule has 3 nitrogen and oxygen atoms in total. The van der Waals surface area contributed by atoms with Crippen LogP contribution in [-0.2, 0) is 11.1 Å². The van der Waals surface area contributed by atoms with Gasteiger partial charge in [0.05, 0.1) is 0 Å². The number of carbonyl (C=O) groups excluding carboxylic acids is 1. The Morgan fingerprint density at radius 3 is 2.18 bits per heavy atom. The van der Waals surface area contributed by atoms with E-state index in [4.69, 9.17) is 0 Å². The third-order valence-electron chi connectivity index (χ3n) is 4.48. The molecule has 0 saturated heterocycles. The van der Waals surface area contributed by atoms with Gasteiger partial charge in [0.1, 0.15) is 0 Å². The largest absolute Gasteiger partial charge is 0.363 e. The summed E-state index contributed by atoms with van der Waals surface area (Å²) in [5.74, 6) is -0.155. The number of aliphatic hydroxyl groups is 1. The lowest BCUT2D eigenvalue weighted by molar-refractivity contribution is -0.0369. The molecule has 0 aromatic heterocycles. The van der Waals surface area contributed by atoms with Gasteiger partial charge in [0, 0.05) is 23.7 Å². The fraction of sp³-hybridized carbons (Fsp3) is 0.316. The Hall–Kier alpha value is -2.13. The average molecular weight is 295 g/mol. The highest BCUT2D eigenvalue weighted by Gasteiger charge is 2.47. The molecule has 0 fully saturated rings. The highest BCUT2D eigenvalue weighted by molar-refractivity contribution is 6.00. The zero-order valence-corrected chi connectivity index (χ0v) is 13.4. The first-order valence-electron chi connectivity index (χ1n) is 7.47. The van der Waals surface area contributed by atoms with E-state index in [0.717, 1.165) is 0 Å². The van der Waals surface area contributed by atoms with Crippen LogP contribution in [0.3, 0.4) is 0 Å². The van der Waals surface area contributed by atoms with E-state index < -0.39 is 5.72 Å². The summed E-state index contributed by atoms with van der Waals surface area (Å²) in [6.07, 6.45) is 0. The molecule has 0 spiro atoms. The van der Waals surface area contributed by atoms with Crippen LogP contribution in [0.4, 0.5) is 0 Å². The Balaban J connectivity index is 2.13. The quantitative estimate of drug-likeness (QED) is 0.877. The van der Waals surface area contributed by atoms with Crippen molar-refractivity contribution in [2.75, 3.05) is 7.05 Å². The zero-order valence-electron chi connectivity index (χ0n) is 13.4. The maximum Gasteiger partial charge on any atom is 0.256 e. The van der Waals surface area contributed by atoms with Gasteiger partial charge in [-0.15, -0.1) is 0 Å². The van der Waals surface area contributed by atoms with Crippen LogP contribution < -0.4 is 0 Å². The van der Waals surface area contributed by atoms with Crippen LogP contribution in [0.2, 0.25) is 0 Å². The van der Waals surface area contributed by atoms with Gasteiger partial charge in [0.25, 0.3) is 5.91 Å². The molecule has 0 saturated carbocycles. The fourth-order valence-electron chi connectivity index (χ4n) is 3.03. The normalized spacial score (nSPS) is 21.1. The van der Waals surface area contributed by atoms with Gasteiger partial charge in [-0.05, 0) is 17.0 Å². The van der Waals surface area contributed by atoms with Crippen molar-refractivity contribution in [3.05, 3.63) is 70.8 Å². The Morgan fingerprint density at radius 1 is 1.00 bits per heavy atom. The van der Waals surface area contributed by atoms with Crippen molar-refractivity contribution >= 4 is 5.91 Å². The first-order valence-corrected chi connectivity index (χ1v) is 7.47. The molecule has 2 aromatic rings. The second-order valence-electron chi connectivity index (χ2n) is 6.91. The van der Waals surface area contributed by atoms with Crippen LogP contribution in [0.15, 0.2) is 48.5 Å². The van der Waals surface area contributed by atoms with Crippen LogP contribution in [0, 0.1) is 0 Å². The second-order valence-corrected chi connectivity index (χ2v) is 6.91. The lowest BCUT2D eigenvalue weighted by Gasteiger charge is -2.32. The second kappa shape index (κ2) is 4.68. The van der Waals surface area contributed by atoms with Crippen LogP contribution in [0.5, 0.6) is 0 Å². The van der Waals surface area contributed by atoms with Crippen molar-refractivity contribution in [3.63, 3.8) is 0 Å². The fourth-order valence-corrected chi connectivity index (χ4v) is 3.03. The third kappa shape index (κ3) is 1.97. The molecule has 1 aliphatic heterocycles. The first-order chi connectivity index (χ1) is 10.3. The standard InChI is InChI=1S/C19H21NO2/c1-18(2,3)13-9-11-14(12-10-13)19(22)16-8-6-5-7-15(16)17(21)20(19)4/h5-12,22H,1-4H3. The topological polar surface area (TPSA) is 40.5 Å². The van der Waals surface area contributed by atoms with Crippen LogP contribution >= 0.6 is 0 Å². The summed E-state index contributed by atoms with van der Waals surface area (Å²) < 4.78 is 0. The van der Waals surface area contributed by atoms with Gasteiger partial charge in [0.2, 0.25) is 0 Å². The average Bonchev–Trinajstić information content (AvgIpc) is 2.70. The molecule has 1 heterocycles. The van der Waals surface area contributed by atoms with Gasteiger partial charge in [-0.2, -0.15) is 0 Å². The summed E-state index contributed by atoms with van der Waals surface area (Å²) in [6, 6.07) is 15.1. The lowest BCUT2D eigenvalue weighted by Crippen LogP contribution is -2.41. The van der Waals surface area contributed by atoms with E-state index in [2.05, 4.69) is 20.8 Å². The predicted octanol–water partition coefficient (Wildman–Crippen LogP) is 3.26. The van der Waals surface area contributed by atoms with Crippen molar-refractivity contribution in [3.8, 4) is 0 Å². The van der Waals surface area contributed by atoms with E-state index in [1.807, 2.05) is 42.5 Å². The summed E-state index contributed by atoms with van der Waals surface area (Å²) in [7, 11) is 1.64. The van der Waals surface area contributed by atoms with Gasteiger partial charge in [-0.3, -0.25) is 4.79 Å². The number of hydrogen-bond donors (Lipinski definition) is 1. The number of carbonyl (C=O) groups is 1. The van der Waals surface area contributed by atoms with E-state index in [0.29, 0.717) is 16.7 Å². The van der Waals surface area contributed by atoms with E-state index in [1.54, 1.807) is 13.1 Å². The van der Waals surface area contributed by atoms with E-state index in [-0.39, 0.29) is 11.3 Å². The number of fused-ring (bicyclic) bond motifs is 1. The number of rotatable bonds is 1. The van der Waals surface area contributed by atoms with Gasteiger partial charge < -0.3 is 10.0 Å². The number of nitrogens with zero attached hydrogens (tertiary/aromatic N) is 1. The van der Waals surface area contributed by atoms with Gasteiger partial charge in [0.15, 0.2) is 5.72 Å². The van der Waals surface area contributed by atoms with Crippen molar-refractivity contribution < 1.29 is 9.90 Å². The molecule has 2 aromatic carbocycles. The molecule has 22 heavy (non-hydrogen) atoms. The van der Waals surface area contributed by atoms with Crippen molar-refractivity contribution in [1.82, 2.24) is 4.90 Å². The van der Waals surface area contributed by atoms with Gasteiger partial charge in [-0.25, -0.2) is 0 Å². The summed E-state index contributed by atoms with van der Waals surface area (Å²) in [5.41, 5.74) is 1.76. The first kappa shape index (κ1) is 14.8. The van der Waals surface area contributed by atoms with Crippen molar-refractivity contribution in [1.29, 1.82) is 0 Å². The molecule has 1 aliphatic rings. The molecule has 1 amide bonds. The molecule has 3 rings (SSSR count). The number of benzene rings is 2. The highest BCUT2D eigenvalue weighted by Crippen LogP contribution is 2.41. The number of amides is 1. The van der Waals surface area contributed by atoms with Crippen LogP contribution in [-0.4, -0.2) is 23.0 Å². The minimum Gasteiger partial charge on any atom is -0.363 e. The highest BCUT2D eigenvalue weighted by atomic mass is 16.3. The Kier molecular flexibility index (Phi) is 3.15. The smallest absolute Gasteiger partial charge is 0.256 e. The Bertz CT molecular complexity index is 728. The van der Waals surface area contributed by atoms with E-state index in [9.17, 15) is 9.90 Å². The lowest BCUT2D eigenvalue weighted by atomic mass is 9.85. The summed E-state index contributed by atoms with van der Waals surface area (Å²) in [5, 5.41) is 11.3. The zero-order chi connectivity index (χ0) is 16.1. The molecular weight excluding hydrogens is 274 g/mol. The molecule has 0 aliphatic carbocycles. The molecule has 114 valence electrons. The molecule has 1 unspecified atom stereocenters. The maximum atomic E-state index is 12.4. The van der Waals surface area contributed by atoms with Crippen molar-refractivity contribution in [2.45, 2.75) is 31.9 Å². The third-order valence-corrected chi connectivity index (χ3v) is 4.48. The summed E-state index contributed by atoms with van der Waals surface area (Å²) in [6.45, 7) is 6.45. The predicted molar refractivity (Wildman–Crippen MR) is 86.7 cm³/mol. The summed E-state index contributed by atoms with van der Waals surface area (Å²) in [4.78, 5) is 13.8. The van der Waals surface area contributed by atoms with Crippen molar-refractivity contribution in [2.24, 2.45) is 0 Å². The number of hydrogen-bond acceptors (Lipinski definition) is 2. The monoisotopic (exact) mass is 295 g/mol. The molecule has 1 N–H and O–H groups in total. The van der Waals surface area contributed by atoms with Gasteiger partial charge in [-0.1, -0.05) is 63.2 Å². The minimum absolute atomic E-state index is 0.0520. The van der Waals surface area contributed by atoms with Gasteiger partial charge >= 0.3 is 0 Å². The maximum absolute atomic E-state index is 12.4. The molecule has 0 radical (unpaired) electrons. The molecular formula is C19H21NO2. The summed E-state index contributed by atoms with van der Waals surface area (Å²) >= 11 is 0. The molecule has 1 atom stereocenters.